The fourth-order valence-electron chi connectivity index (χ4n) is 2.14. The van der Waals surface area contributed by atoms with Crippen molar-refractivity contribution in [2.24, 2.45) is 0 Å². The summed E-state index contributed by atoms with van der Waals surface area (Å²) in [7, 11) is 1.93. The average molecular weight is 240 g/mol. The zero-order chi connectivity index (χ0) is 12.3. The van der Waals surface area contributed by atoms with Gasteiger partial charge in [-0.05, 0) is 37.7 Å². The van der Waals surface area contributed by atoms with Gasteiger partial charge in [-0.2, -0.15) is 0 Å². The second-order valence-corrected chi connectivity index (χ2v) is 4.68. The molecule has 2 rings (SSSR count). The van der Waals surface area contributed by atoms with Gasteiger partial charge in [0.05, 0.1) is 0 Å². The molecule has 1 aliphatic rings. The first kappa shape index (κ1) is 12.5. The van der Waals surface area contributed by atoms with E-state index in [1.165, 1.54) is 12.1 Å². The van der Waals surface area contributed by atoms with Crippen molar-refractivity contribution in [1.82, 2.24) is 10.2 Å². The third kappa shape index (κ3) is 3.48. The first-order chi connectivity index (χ1) is 8.15. The van der Waals surface area contributed by atoms with Crippen molar-refractivity contribution in [3.05, 3.63) is 35.6 Å². The number of likely N-dealkylation sites (tertiary alicyclic amines) is 1. The maximum atomic E-state index is 13.7. The van der Waals surface area contributed by atoms with E-state index in [4.69, 9.17) is 0 Å². The summed E-state index contributed by atoms with van der Waals surface area (Å²) in [5.41, 5.74) is 0.984. The van der Waals surface area contributed by atoms with Crippen molar-refractivity contribution < 1.29 is 8.78 Å². The topological polar surface area (TPSA) is 15.3 Å². The second kappa shape index (κ2) is 5.56. The molecule has 0 aliphatic carbocycles. The van der Waals surface area contributed by atoms with Crippen molar-refractivity contribution in [1.29, 1.82) is 0 Å². The molecule has 17 heavy (non-hydrogen) atoms. The highest BCUT2D eigenvalue weighted by Crippen LogP contribution is 2.13. The molecule has 1 aromatic rings. The van der Waals surface area contributed by atoms with Crippen molar-refractivity contribution in [2.45, 2.75) is 25.2 Å². The van der Waals surface area contributed by atoms with Crippen molar-refractivity contribution >= 4 is 0 Å². The lowest BCUT2D eigenvalue weighted by molar-refractivity contribution is 0.122. The van der Waals surface area contributed by atoms with Crippen LogP contribution in [0.3, 0.4) is 0 Å². The van der Waals surface area contributed by atoms with Gasteiger partial charge in [-0.15, -0.1) is 0 Å². The highest BCUT2D eigenvalue weighted by molar-refractivity contribution is 5.15. The van der Waals surface area contributed by atoms with Crippen LogP contribution >= 0.6 is 0 Å². The number of halogens is 2. The van der Waals surface area contributed by atoms with Crippen LogP contribution in [-0.2, 0) is 6.54 Å². The van der Waals surface area contributed by atoms with Crippen LogP contribution in [0.4, 0.5) is 8.78 Å². The summed E-state index contributed by atoms with van der Waals surface area (Å²) in [6.45, 7) is 2.00. The molecule has 1 aromatic carbocycles. The zero-order valence-corrected chi connectivity index (χ0v) is 10.00. The summed E-state index contributed by atoms with van der Waals surface area (Å²) in [6, 6.07) is 6.22. The van der Waals surface area contributed by atoms with Crippen molar-refractivity contribution in [2.75, 3.05) is 20.1 Å². The molecule has 0 bridgehead atoms. The van der Waals surface area contributed by atoms with Gasteiger partial charge >= 0.3 is 0 Å². The van der Waals surface area contributed by atoms with E-state index in [0.717, 1.165) is 18.5 Å². The van der Waals surface area contributed by atoms with Gasteiger partial charge in [0.2, 0.25) is 0 Å². The summed E-state index contributed by atoms with van der Waals surface area (Å²) >= 11 is 0. The molecule has 0 aromatic heterocycles. The van der Waals surface area contributed by atoms with Crippen molar-refractivity contribution in [3.8, 4) is 0 Å². The normalized spacial score (nSPS) is 26.1. The Morgan fingerprint density at radius 3 is 2.71 bits per heavy atom. The van der Waals surface area contributed by atoms with E-state index in [1.54, 1.807) is 12.1 Å². The molecule has 1 aliphatic heterocycles. The van der Waals surface area contributed by atoms with Gasteiger partial charge in [0.1, 0.15) is 12.0 Å². The average Bonchev–Trinajstić information content (AvgIpc) is 2.30. The highest BCUT2D eigenvalue weighted by atomic mass is 19.1. The molecular formula is C13H18F2N2. The summed E-state index contributed by atoms with van der Waals surface area (Å²) in [5, 5.41) is 3.20. The smallest absolute Gasteiger partial charge is 0.128 e. The molecule has 0 saturated carbocycles. The SMILES string of the molecule is CN1CCC(NCc2ccc(F)cc2)C(F)C1. The van der Waals surface area contributed by atoms with E-state index in [9.17, 15) is 8.78 Å². The molecule has 0 radical (unpaired) electrons. The Kier molecular flexibility index (Phi) is 4.07. The lowest BCUT2D eigenvalue weighted by Crippen LogP contribution is -2.49. The molecule has 2 unspecified atom stereocenters. The minimum absolute atomic E-state index is 0.0868. The molecular weight excluding hydrogens is 222 g/mol. The first-order valence-corrected chi connectivity index (χ1v) is 5.95. The van der Waals surface area contributed by atoms with Gasteiger partial charge in [-0.25, -0.2) is 8.78 Å². The molecule has 94 valence electrons. The van der Waals surface area contributed by atoms with Gasteiger partial charge in [0.15, 0.2) is 0 Å². The Morgan fingerprint density at radius 2 is 2.06 bits per heavy atom. The minimum Gasteiger partial charge on any atom is -0.307 e. The monoisotopic (exact) mass is 240 g/mol. The number of piperidine rings is 1. The van der Waals surface area contributed by atoms with Crippen LogP contribution in [0.25, 0.3) is 0 Å². The summed E-state index contributed by atoms with van der Waals surface area (Å²) in [6.07, 6.45) is -0.00650. The maximum absolute atomic E-state index is 13.7. The molecule has 1 N–H and O–H groups in total. The van der Waals surface area contributed by atoms with E-state index in [0.29, 0.717) is 13.1 Å². The Morgan fingerprint density at radius 1 is 1.35 bits per heavy atom. The van der Waals surface area contributed by atoms with Gasteiger partial charge in [-0.1, -0.05) is 12.1 Å². The Balaban J connectivity index is 1.83. The number of rotatable bonds is 3. The summed E-state index contributed by atoms with van der Waals surface area (Å²) in [5.74, 6) is -0.239. The molecule has 1 fully saturated rings. The van der Waals surface area contributed by atoms with Crippen molar-refractivity contribution in [3.63, 3.8) is 0 Å². The van der Waals surface area contributed by atoms with E-state index in [-0.39, 0.29) is 11.9 Å². The number of hydrogen-bond donors (Lipinski definition) is 1. The van der Waals surface area contributed by atoms with E-state index in [1.807, 2.05) is 11.9 Å². The Hall–Kier alpha value is -1.00. The third-order valence-electron chi connectivity index (χ3n) is 3.23. The summed E-state index contributed by atoms with van der Waals surface area (Å²) < 4.78 is 26.4. The second-order valence-electron chi connectivity index (χ2n) is 4.68. The molecule has 2 atom stereocenters. The lowest BCUT2D eigenvalue weighted by Gasteiger charge is -2.32. The van der Waals surface area contributed by atoms with Gasteiger partial charge in [0, 0.05) is 19.1 Å². The first-order valence-electron chi connectivity index (χ1n) is 5.95. The lowest BCUT2D eigenvalue weighted by atomic mass is 10.0. The predicted octanol–water partition coefficient (Wildman–Crippen LogP) is 1.96. The fourth-order valence-corrected chi connectivity index (χ4v) is 2.14. The molecule has 2 nitrogen and oxygen atoms in total. The molecule has 1 saturated heterocycles. The standard InChI is InChI=1S/C13H18F2N2/c1-17-7-6-13(12(15)9-17)16-8-10-2-4-11(14)5-3-10/h2-5,12-13,16H,6-9H2,1H3. The van der Waals surface area contributed by atoms with Crippen LogP contribution in [0, 0.1) is 5.82 Å². The molecule has 4 heteroatoms. The van der Waals surface area contributed by atoms with Crippen LogP contribution in [0.5, 0.6) is 0 Å². The van der Waals surface area contributed by atoms with Crippen LogP contribution in [-0.4, -0.2) is 37.3 Å². The molecule has 1 heterocycles. The van der Waals surface area contributed by atoms with Crippen LogP contribution in [0.2, 0.25) is 0 Å². The largest absolute Gasteiger partial charge is 0.307 e. The number of benzene rings is 1. The maximum Gasteiger partial charge on any atom is 0.128 e. The molecule has 0 amide bonds. The quantitative estimate of drug-likeness (QED) is 0.869. The highest BCUT2D eigenvalue weighted by Gasteiger charge is 2.26. The predicted molar refractivity (Wildman–Crippen MR) is 64.0 cm³/mol. The number of nitrogens with one attached hydrogen (secondary N) is 1. The van der Waals surface area contributed by atoms with E-state index >= 15 is 0 Å². The Labute approximate surface area is 101 Å². The summed E-state index contributed by atoms with van der Waals surface area (Å²) in [4.78, 5) is 2.00. The van der Waals surface area contributed by atoms with E-state index in [2.05, 4.69) is 5.32 Å². The van der Waals surface area contributed by atoms with Crippen LogP contribution in [0.1, 0.15) is 12.0 Å². The van der Waals surface area contributed by atoms with Gasteiger partial charge in [0.25, 0.3) is 0 Å². The van der Waals surface area contributed by atoms with Gasteiger partial charge < -0.3 is 10.2 Å². The third-order valence-corrected chi connectivity index (χ3v) is 3.23. The van der Waals surface area contributed by atoms with Crippen LogP contribution in [0.15, 0.2) is 24.3 Å². The van der Waals surface area contributed by atoms with Gasteiger partial charge in [-0.3, -0.25) is 0 Å². The Bertz CT molecular complexity index is 353. The number of nitrogens with zero attached hydrogens (tertiary/aromatic N) is 1. The minimum atomic E-state index is -0.825. The zero-order valence-electron chi connectivity index (χ0n) is 10.00. The number of hydrogen-bond acceptors (Lipinski definition) is 2. The number of alkyl halides is 1. The van der Waals surface area contributed by atoms with Crippen LogP contribution < -0.4 is 5.32 Å². The molecule has 0 spiro atoms. The fraction of sp³-hybridized carbons (Fsp3) is 0.538. The van der Waals surface area contributed by atoms with E-state index < -0.39 is 6.17 Å².